The predicted octanol–water partition coefficient (Wildman–Crippen LogP) is 3.19. The number of aryl methyl sites for hydroxylation is 1. The van der Waals surface area contributed by atoms with Gasteiger partial charge in [-0.3, -0.25) is 0 Å². The van der Waals surface area contributed by atoms with Gasteiger partial charge in [0.05, 0.1) is 0 Å². The molecule has 1 nitrogen and oxygen atoms in total. The fraction of sp³-hybridized carbons (Fsp3) is 0.538. The summed E-state index contributed by atoms with van der Waals surface area (Å²) in [5.74, 6) is 0. The van der Waals surface area contributed by atoms with Crippen molar-refractivity contribution in [2.45, 2.75) is 35.8 Å². The zero-order valence-corrected chi connectivity index (χ0v) is 9.90. The Morgan fingerprint density at radius 3 is 2.80 bits per heavy atom. The lowest BCUT2D eigenvalue weighted by atomic mass is 9.91. The topological polar surface area (TPSA) is 9.23 Å². The molecule has 80 valence electrons. The second-order valence-electron chi connectivity index (χ2n) is 4.64. The molecule has 2 heterocycles. The minimum atomic E-state index is 0.465. The third kappa shape index (κ3) is 1.60. The average Bonchev–Trinajstić information content (AvgIpc) is 2.59. The molecule has 1 aromatic rings. The van der Waals surface area contributed by atoms with Gasteiger partial charge in [0.1, 0.15) is 0 Å². The van der Waals surface area contributed by atoms with Crippen molar-refractivity contribution in [1.82, 2.24) is 0 Å². The number of fused-ring (bicyclic) bond motifs is 1. The molecule has 0 radical (unpaired) electrons. The number of thioether (sulfide) groups is 1. The highest BCUT2D eigenvalue weighted by molar-refractivity contribution is 8.01. The molecule has 0 aromatic heterocycles. The van der Waals surface area contributed by atoms with Gasteiger partial charge < -0.3 is 4.74 Å². The monoisotopic (exact) mass is 220 g/mol. The Labute approximate surface area is 95.2 Å². The standard InChI is InChI=1S/C13H16OS/c1-10-3-2-4-11-9-13(15-12(10)11)5-7-14-8-6-13/h2-4H,5-9H2,1H3. The Bertz CT molecular complexity index is 380. The molecule has 0 atom stereocenters. The maximum absolute atomic E-state index is 5.47. The molecule has 2 aliphatic rings. The van der Waals surface area contributed by atoms with Gasteiger partial charge in [-0.2, -0.15) is 0 Å². The first-order chi connectivity index (χ1) is 7.29. The van der Waals surface area contributed by atoms with E-state index < -0.39 is 0 Å². The Hall–Kier alpha value is -0.470. The summed E-state index contributed by atoms with van der Waals surface area (Å²) >= 11 is 2.11. The van der Waals surface area contributed by atoms with Gasteiger partial charge in [-0.1, -0.05) is 18.2 Å². The van der Waals surface area contributed by atoms with Gasteiger partial charge in [-0.25, -0.2) is 0 Å². The number of hydrogen-bond donors (Lipinski definition) is 0. The zero-order chi connectivity index (χ0) is 10.3. The number of hydrogen-bond acceptors (Lipinski definition) is 2. The molecule has 15 heavy (non-hydrogen) atoms. The van der Waals surface area contributed by atoms with Crippen LogP contribution in [0.25, 0.3) is 0 Å². The second-order valence-corrected chi connectivity index (χ2v) is 6.12. The maximum Gasteiger partial charge on any atom is 0.0479 e. The molecule has 1 saturated heterocycles. The quantitative estimate of drug-likeness (QED) is 0.664. The fourth-order valence-corrected chi connectivity index (χ4v) is 4.15. The molecule has 2 heteroatoms. The lowest BCUT2D eigenvalue weighted by molar-refractivity contribution is 0.0782. The average molecular weight is 220 g/mol. The van der Waals surface area contributed by atoms with Crippen molar-refractivity contribution < 1.29 is 4.74 Å². The third-order valence-electron chi connectivity index (χ3n) is 3.53. The van der Waals surface area contributed by atoms with E-state index in [0.717, 1.165) is 13.2 Å². The normalized spacial score (nSPS) is 23.0. The highest BCUT2D eigenvalue weighted by atomic mass is 32.2. The first-order valence-electron chi connectivity index (χ1n) is 5.64. The fourth-order valence-electron chi connectivity index (χ4n) is 2.62. The number of benzene rings is 1. The van der Waals surface area contributed by atoms with Crippen molar-refractivity contribution in [2.75, 3.05) is 13.2 Å². The van der Waals surface area contributed by atoms with E-state index in [9.17, 15) is 0 Å². The van der Waals surface area contributed by atoms with Crippen molar-refractivity contribution in [2.24, 2.45) is 0 Å². The molecule has 1 spiro atoms. The first kappa shape index (κ1) is 9.73. The van der Waals surface area contributed by atoms with E-state index in [2.05, 4.69) is 36.9 Å². The molecular weight excluding hydrogens is 204 g/mol. The van der Waals surface area contributed by atoms with Crippen LogP contribution in [0.15, 0.2) is 23.1 Å². The summed E-state index contributed by atoms with van der Waals surface area (Å²) in [6.07, 6.45) is 3.68. The largest absolute Gasteiger partial charge is 0.381 e. The molecule has 0 aliphatic carbocycles. The van der Waals surface area contributed by atoms with Crippen molar-refractivity contribution in [3.8, 4) is 0 Å². The molecule has 0 unspecified atom stereocenters. The van der Waals surface area contributed by atoms with E-state index in [1.54, 1.807) is 10.5 Å². The highest BCUT2D eigenvalue weighted by Crippen LogP contribution is 2.51. The first-order valence-corrected chi connectivity index (χ1v) is 6.46. The summed E-state index contributed by atoms with van der Waals surface area (Å²) in [6, 6.07) is 6.71. The van der Waals surface area contributed by atoms with Gasteiger partial charge in [0.25, 0.3) is 0 Å². The molecule has 1 fully saturated rings. The Morgan fingerprint density at radius 1 is 1.27 bits per heavy atom. The smallest absolute Gasteiger partial charge is 0.0479 e. The van der Waals surface area contributed by atoms with E-state index in [1.807, 2.05) is 0 Å². The highest BCUT2D eigenvalue weighted by Gasteiger charge is 2.39. The van der Waals surface area contributed by atoms with Crippen LogP contribution in [0.1, 0.15) is 24.0 Å². The minimum Gasteiger partial charge on any atom is -0.381 e. The molecule has 0 N–H and O–H groups in total. The minimum absolute atomic E-state index is 0.465. The molecule has 0 bridgehead atoms. The summed E-state index contributed by atoms with van der Waals surface area (Å²) < 4.78 is 5.94. The summed E-state index contributed by atoms with van der Waals surface area (Å²) in [6.45, 7) is 4.12. The molecule has 2 aliphatic heterocycles. The van der Waals surface area contributed by atoms with E-state index in [0.29, 0.717) is 4.75 Å². The van der Waals surface area contributed by atoms with Gasteiger partial charge in [0.2, 0.25) is 0 Å². The number of rotatable bonds is 0. The number of ether oxygens (including phenoxy) is 1. The van der Waals surface area contributed by atoms with Crippen LogP contribution in [0.5, 0.6) is 0 Å². The molecule has 0 saturated carbocycles. The van der Waals surface area contributed by atoms with Crippen LogP contribution in [-0.4, -0.2) is 18.0 Å². The van der Waals surface area contributed by atoms with Gasteiger partial charge in [-0.15, -0.1) is 11.8 Å². The van der Waals surface area contributed by atoms with E-state index in [-0.39, 0.29) is 0 Å². The van der Waals surface area contributed by atoms with Crippen molar-refractivity contribution in [1.29, 1.82) is 0 Å². The molecule has 3 rings (SSSR count). The van der Waals surface area contributed by atoms with Crippen LogP contribution in [-0.2, 0) is 11.2 Å². The SMILES string of the molecule is Cc1cccc2c1SC1(CCOCC1)C2. The van der Waals surface area contributed by atoms with Crippen LogP contribution >= 0.6 is 11.8 Å². The lowest BCUT2D eigenvalue weighted by Crippen LogP contribution is -2.32. The molecule has 1 aromatic carbocycles. The van der Waals surface area contributed by atoms with Crippen molar-refractivity contribution >= 4 is 11.8 Å². The van der Waals surface area contributed by atoms with E-state index in [4.69, 9.17) is 4.74 Å². The molecule has 0 amide bonds. The van der Waals surface area contributed by atoms with Crippen LogP contribution < -0.4 is 0 Å². The van der Waals surface area contributed by atoms with Crippen LogP contribution in [0.2, 0.25) is 0 Å². The van der Waals surface area contributed by atoms with Crippen molar-refractivity contribution in [3.05, 3.63) is 29.3 Å². The molecular formula is C13H16OS. The Morgan fingerprint density at radius 2 is 2.07 bits per heavy atom. The predicted molar refractivity (Wildman–Crippen MR) is 63.5 cm³/mol. The van der Waals surface area contributed by atoms with Crippen LogP contribution in [0.4, 0.5) is 0 Å². The summed E-state index contributed by atoms with van der Waals surface area (Å²) in [4.78, 5) is 1.54. The summed E-state index contributed by atoms with van der Waals surface area (Å²) in [7, 11) is 0. The van der Waals surface area contributed by atoms with E-state index >= 15 is 0 Å². The maximum atomic E-state index is 5.47. The third-order valence-corrected chi connectivity index (χ3v) is 5.30. The van der Waals surface area contributed by atoms with Gasteiger partial charge in [-0.05, 0) is 37.3 Å². The Kier molecular flexibility index (Phi) is 2.29. The Balaban J connectivity index is 1.94. The van der Waals surface area contributed by atoms with E-state index in [1.165, 1.54) is 24.8 Å². The van der Waals surface area contributed by atoms with Crippen LogP contribution in [0.3, 0.4) is 0 Å². The van der Waals surface area contributed by atoms with Crippen LogP contribution in [0, 0.1) is 6.92 Å². The van der Waals surface area contributed by atoms with Gasteiger partial charge in [0.15, 0.2) is 0 Å². The van der Waals surface area contributed by atoms with Crippen molar-refractivity contribution in [3.63, 3.8) is 0 Å². The zero-order valence-electron chi connectivity index (χ0n) is 9.08. The van der Waals surface area contributed by atoms with Gasteiger partial charge >= 0.3 is 0 Å². The lowest BCUT2D eigenvalue weighted by Gasteiger charge is -2.32. The summed E-state index contributed by atoms with van der Waals surface area (Å²) in [5.41, 5.74) is 3.00. The second kappa shape index (κ2) is 3.53. The summed E-state index contributed by atoms with van der Waals surface area (Å²) in [5, 5.41) is 0. The van der Waals surface area contributed by atoms with Gasteiger partial charge in [0, 0.05) is 22.9 Å².